The lowest BCUT2D eigenvalue weighted by Gasteiger charge is -2.19. The van der Waals surface area contributed by atoms with Crippen LogP contribution in [0.15, 0.2) is 11.5 Å². The van der Waals surface area contributed by atoms with Gasteiger partial charge in [-0.3, -0.25) is 4.79 Å². The van der Waals surface area contributed by atoms with Gasteiger partial charge in [-0.15, -0.1) is 10.2 Å². The Hall–Kier alpha value is -0.840. The van der Waals surface area contributed by atoms with Crippen molar-refractivity contribution in [1.82, 2.24) is 14.8 Å². The van der Waals surface area contributed by atoms with Gasteiger partial charge in [0.25, 0.3) is 0 Å². The summed E-state index contributed by atoms with van der Waals surface area (Å²) < 4.78 is 1.85. The van der Waals surface area contributed by atoms with E-state index >= 15 is 0 Å². The van der Waals surface area contributed by atoms with E-state index in [1.165, 1.54) is 31.0 Å². The van der Waals surface area contributed by atoms with Gasteiger partial charge in [-0.25, -0.2) is 0 Å². The number of hydrogen-bond acceptors (Lipinski definition) is 4. The molecule has 1 aromatic rings. The fraction of sp³-hybridized carbons (Fsp3) is 0.727. The first-order valence-corrected chi connectivity index (χ1v) is 6.75. The van der Waals surface area contributed by atoms with Crippen molar-refractivity contribution in [1.29, 1.82) is 0 Å². The number of Topliss-reactive ketones (excluding diaryl/α,β-unsaturated/α-hetero) is 1. The molecule has 0 amide bonds. The summed E-state index contributed by atoms with van der Waals surface area (Å²) in [5.74, 6) is 1.22. The summed E-state index contributed by atoms with van der Waals surface area (Å²) in [5.41, 5.74) is 0. The minimum atomic E-state index is 0.300. The number of carbonyl (C=O) groups is 1. The quantitative estimate of drug-likeness (QED) is 0.755. The van der Waals surface area contributed by atoms with Crippen LogP contribution in [0.4, 0.5) is 0 Å². The Morgan fingerprint density at radius 1 is 1.50 bits per heavy atom. The van der Waals surface area contributed by atoms with Crippen LogP contribution >= 0.6 is 11.8 Å². The van der Waals surface area contributed by atoms with Gasteiger partial charge in [-0.05, 0) is 12.8 Å². The van der Waals surface area contributed by atoms with Crippen molar-refractivity contribution in [2.24, 2.45) is 13.0 Å². The van der Waals surface area contributed by atoms with E-state index in [2.05, 4.69) is 10.2 Å². The van der Waals surface area contributed by atoms with Crippen molar-refractivity contribution in [3.8, 4) is 0 Å². The second kappa shape index (κ2) is 5.48. The topological polar surface area (TPSA) is 47.8 Å². The van der Waals surface area contributed by atoms with Gasteiger partial charge in [-0.2, -0.15) is 0 Å². The van der Waals surface area contributed by atoms with E-state index in [1.54, 1.807) is 6.33 Å². The molecule has 0 spiro atoms. The predicted octanol–water partition coefficient (Wildman–Crippen LogP) is 2.06. The standard InChI is InChI=1S/C11H17N3OS/c1-14-8-12-13-11(14)16-7-10(15)9-5-3-2-4-6-9/h8-9H,2-7H2,1H3. The molecule has 5 heteroatoms. The first-order chi connectivity index (χ1) is 7.77. The summed E-state index contributed by atoms with van der Waals surface area (Å²) >= 11 is 1.50. The average molecular weight is 239 g/mol. The average Bonchev–Trinajstić information content (AvgIpc) is 2.73. The number of thioether (sulfide) groups is 1. The molecule has 0 aromatic carbocycles. The minimum Gasteiger partial charge on any atom is -0.312 e. The summed E-state index contributed by atoms with van der Waals surface area (Å²) in [4.78, 5) is 11.9. The summed E-state index contributed by atoms with van der Waals surface area (Å²) in [5, 5.41) is 8.57. The molecule has 0 atom stereocenters. The minimum absolute atomic E-state index is 0.300. The molecule has 1 aliphatic rings. The van der Waals surface area contributed by atoms with Gasteiger partial charge >= 0.3 is 0 Å². The van der Waals surface area contributed by atoms with Crippen molar-refractivity contribution in [3.05, 3.63) is 6.33 Å². The monoisotopic (exact) mass is 239 g/mol. The van der Waals surface area contributed by atoms with Crippen molar-refractivity contribution >= 4 is 17.5 Å². The highest BCUT2D eigenvalue weighted by Crippen LogP contribution is 2.26. The summed E-state index contributed by atoms with van der Waals surface area (Å²) in [6.45, 7) is 0. The lowest BCUT2D eigenvalue weighted by molar-refractivity contribution is -0.121. The van der Waals surface area contributed by atoms with Crippen LogP contribution in [0, 0.1) is 5.92 Å². The molecule has 0 aliphatic heterocycles. The van der Waals surface area contributed by atoms with Crippen molar-refractivity contribution in [3.63, 3.8) is 0 Å². The van der Waals surface area contributed by atoms with Crippen LogP contribution in [-0.4, -0.2) is 26.3 Å². The number of nitrogens with zero attached hydrogens (tertiary/aromatic N) is 3. The van der Waals surface area contributed by atoms with Gasteiger partial charge in [0.15, 0.2) is 5.16 Å². The molecule has 16 heavy (non-hydrogen) atoms. The van der Waals surface area contributed by atoms with E-state index < -0.39 is 0 Å². The summed E-state index contributed by atoms with van der Waals surface area (Å²) in [6, 6.07) is 0. The van der Waals surface area contributed by atoms with Gasteiger partial charge in [0.05, 0.1) is 5.75 Å². The normalized spacial score (nSPS) is 17.6. The highest BCUT2D eigenvalue weighted by molar-refractivity contribution is 7.99. The Labute approximate surface area is 99.8 Å². The molecular formula is C11H17N3OS. The maximum Gasteiger partial charge on any atom is 0.191 e. The molecule has 1 heterocycles. The molecule has 0 saturated heterocycles. The smallest absolute Gasteiger partial charge is 0.191 e. The van der Waals surface area contributed by atoms with E-state index in [0.717, 1.165) is 18.0 Å². The number of aromatic nitrogens is 3. The maximum absolute atomic E-state index is 11.9. The van der Waals surface area contributed by atoms with Crippen molar-refractivity contribution < 1.29 is 4.79 Å². The summed E-state index contributed by atoms with van der Waals surface area (Å²) in [7, 11) is 1.90. The molecule has 0 unspecified atom stereocenters. The second-order valence-corrected chi connectivity index (χ2v) is 5.26. The molecule has 1 aromatic heterocycles. The van der Waals surface area contributed by atoms with Crippen LogP contribution in [0.5, 0.6) is 0 Å². The van der Waals surface area contributed by atoms with E-state index in [0.29, 0.717) is 17.5 Å². The first-order valence-electron chi connectivity index (χ1n) is 5.77. The molecule has 4 nitrogen and oxygen atoms in total. The number of rotatable bonds is 4. The third-order valence-corrected chi connectivity index (χ3v) is 4.13. The largest absolute Gasteiger partial charge is 0.312 e. The molecular weight excluding hydrogens is 222 g/mol. The van der Waals surface area contributed by atoms with Crippen LogP contribution in [0.25, 0.3) is 0 Å². The molecule has 0 bridgehead atoms. The van der Waals surface area contributed by atoms with Crippen molar-refractivity contribution in [2.75, 3.05) is 5.75 Å². The Morgan fingerprint density at radius 3 is 2.88 bits per heavy atom. The van der Waals surface area contributed by atoms with Gasteiger partial charge < -0.3 is 4.57 Å². The van der Waals surface area contributed by atoms with Crippen molar-refractivity contribution in [2.45, 2.75) is 37.3 Å². The molecule has 0 N–H and O–H groups in total. The zero-order chi connectivity index (χ0) is 11.4. The molecule has 88 valence electrons. The third-order valence-electron chi connectivity index (χ3n) is 3.07. The van der Waals surface area contributed by atoms with E-state index in [4.69, 9.17) is 0 Å². The highest BCUT2D eigenvalue weighted by atomic mass is 32.2. The second-order valence-electron chi connectivity index (χ2n) is 4.31. The SMILES string of the molecule is Cn1cnnc1SCC(=O)C1CCCCC1. The number of aryl methyl sites for hydroxylation is 1. The fourth-order valence-electron chi connectivity index (χ4n) is 2.08. The zero-order valence-electron chi connectivity index (χ0n) is 9.56. The fourth-order valence-corrected chi connectivity index (χ4v) is 2.94. The lowest BCUT2D eigenvalue weighted by atomic mass is 9.87. The highest BCUT2D eigenvalue weighted by Gasteiger charge is 2.21. The summed E-state index contributed by atoms with van der Waals surface area (Å²) in [6.07, 6.45) is 7.54. The maximum atomic E-state index is 11.9. The Balaban J connectivity index is 1.81. The molecule has 1 aliphatic carbocycles. The molecule has 1 fully saturated rings. The number of ketones is 1. The number of carbonyl (C=O) groups excluding carboxylic acids is 1. The first kappa shape index (κ1) is 11.6. The Kier molecular flexibility index (Phi) is 3.98. The number of hydrogen-bond donors (Lipinski definition) is 0. The molecule has 0 radical (unpaired) electrons. The lowest BCUT2D eigenvalue weighted by Crippen LogP contribution is -2.19. The van der Waals surface area contributed by atoms with Gasteiger partial charge in [0.1, 0.15) is 12.1 Å². The predicted molar refractivity (Wildman–Crippen MR) is 63.3 cm³/mol. The van der Waals surface area contributed by atoms with E-state index in [1.807, 2.05) is 11.6 Å². The van der Waals surface area contributed by atoms with Gasteiger partial charge in [0, 0.05) is 13.0 Å². The van der Waals surface area contributed by atoms with Crippen LogP contribution in [0.3, 0.4) is 0 Å². The van der Waals surface area contributed by atoms with Gasteiger partial charge in [-0.1, -0.05) is 31.0 Å². The Morgan fingerprint density at radius 2 is 2.25 bits per heavy atom. The van der Waals surface area contributed by atoms with Gasteiger partial charge in [0.2, 0.25) is 0 Å². The third kappa shape index (κ3) is 2.84. The van der Waals surface area contributed by atoms with E-state index in [9.17, 15) is 4.79 Å². The zero-order valence-corrected chi connectivity index (χ0v) is 10.4. The van der Waals surface area contributed by atoms with Crippen LogP contribution < -0.4 is 0 Å². The van der Waals surface area contributed by atoms with Crippen LogP contribution in [-0.2, 0) is 11.8 Å². The van der Waals surface area contributed by atoms with Crippen LogP contribution in [0.1, 0.15) is 32.1 Å². The molecule has 1 saturated carbocycles. The Bertz CT molecular complexity index is 358. The molecule has 2 rings (SSSR count). The van der Waals surface area contributed by atoms with Crippen LogP contribution in [0.2, 0.25) is 0 Å². The van der Waals surface area contributed by atoms with E-state index in [-0.39, 0.29) is 0 Å².